The lowest BCUT2D eigenvalue weighted by molar-refractivity contribution is 0.0689. The number of carbonyl (C=O) groups excluding carboxylic acids is 1. The van der Waals surface area contributed by atoms with Gasteiger partial charge in [-0.3, -0.25) is 4.79 Å². The molecule has 2 unspecified atom stereocenters. The summed E-state index contributed by atoms with van der Waals surface area (Å²) in [5.41, 5.74) is 2.95. The molecule has 0 spiro atoms. The van der Waals surface area contributed by atoms with Gasteiger partial charge in [0.25, 0.3) is 5.91 Å². The van der Waals surface area contributed by atoms with Gasteiger partial charge in [-0.15, -0.1) is 0 Å². The summed E-state index contributed by atoms with van der Waals surface area (Å²) in [6, 6.07) is 2.05. The molecule has 0 radical (unpaired) electrons. The Kier molecular flexibility index (Phi) is 3.81. The minimum absolute atomic E-state index is 0.0392. The van der Waals surface area contributed by atoms with Crippen molar-refractivity contribution in [3.05, 3.63) is 22.8 Å². The van der Waals surface area contributed by atoms with Gasteiger partial charge < -0.3 is 10.3 Å². The van der Waals surface area contributed by atoms with Crippen LogP contribution in [0.1, 0.15) is 42.5 Å². The van der Waals surface area contributed by atoms with Crippen LogP contribution in [0.3, 0.4) is 0 Å². The molecule has 0 aromatic carbocycles. The smallest absolute Gasteiger partial charge is 0.255 e. The molecular weight excluding hydrogens is 276 g/mol. The Hall–Kier alpha value is -1.33. The van der Waals surface area contributed by atoms with Crippen LogP contribution >= 0.6 is 11.6 Å². The van der Waals surface area contributed by atoms with E-state index in [9.17, 15) is 4.79 Å². The van der Waals surface area contributed by atoms with Crippen LogP contribution in [-0.4, -0.2) is 28.4 Å². The number of carbonyl (C=O) groups is 1. The molecule has 1 aliphatic carbocycles. The first kappa shape index (κ1) is 13.6. The van der Waals surface area contributed by atoms with Gasteiger partial charge in [0.2, 0.25) is 0 Å². The number of nitrogens with zero attached hydrogens (tertiary/aromatic N) is 2. The Bertz CT molecular complexity index is 522. The van der Waals surface area contributed by atoms with Crippen molar-refractivity contribution in [2.45, 2.75) is 38.1 Å². The molecule has 3 rings (SSSR count). The molecule has 2 atom stereocenters. The second kappa shape index (κ2) is 5.58. The molecule has 1 aromatic rings. The van der Waals surface area contributed by atoms with Crippen LogP contribution in [0.15, 0.2) is 12.3 Å². The largest absolute Gasteiger partial charge is 0.335 e. The minimum Gasteiger partial charge on any atom is -0.335 e. The van der Waals surface area contributed by atoms with Gasteiger partial charge in [-0.2, -0.15) is 0 Å². The van der Waals surface area contributed by atoms with E-state index >= 15 is 0 Å². The SMILES string of the molecule is NNc1ncc(C(=O)N2CCC3CCCCC32)cc1Cl. The molecular formula is C14H19ClN4O. The van der Waals surface area contributed by atoms with Gasteiger partial charge in [0.1, 0.15) is 0 Å². The highest BCUT2D eigenvalue weighted by molar-refractivity contribution is 6.33. The number of fused-ring (bicyclic) bond motifs is 1. The summed E-state index contributed by atoms with van der Waals surface area (Å²) in [6.45, 7) is 0.850. The second-order valence-corrected chi connectivity index (χ2v) is 6.01. The van der Waals surface area contributed by atoms with Crippen LogP contribution in [0.4, 0.5) is 5.82 Å². The number of hydrogen-bond donors (Lipinski definition) is 2. The first-order valence-corrected chi connectivity index (χ1v) is 7.51. The molecule has 1 saturated carbocycles. The fraction of sp³-hybridized carbons (Fsp3) is 0.571. The van der Waals surface area contributed by atoms with Crippen LogP contribution in [0, 0.1) is 5.92 Å². The van der Waals surface area contributed by atoms with Crippen molar-refractivity contribution in [2.24, 2.45) is 11.8 Å². The molecule has 2 heterocycles. The number of nitrogens with one attached hydrogen (secondary N) is 1. The highest BCUT2D eigenvalue weighted by Crippen LogP contribution is 2.37. The second-order valence-electron chi connectivity index (χ2n) is 5.60. The summed E-state index contributed by atoms with van der Waals surface area (Å²) in [7, 11) is 0. The third-order valence-corrected chi connectivity index (χ3v) is 4.78. The van der Waals surface area contributed by atoms with Crippen molar-refractivity contribution in [2.75, 3.05) is 12.0 Å². The molecule has 1 aromatic heterocycles. The van der Waals surface area contributed by atoms with Crippen LogP contribution in [0.25, 0.3) is 0 Å². The number of anilines is 1. The van der Waals surface area contributed by atoms with Gasteiger partial charge in [-0.1, -0.05) is 24.4 Å². The number of aromatic nitrogens is 1. The number of nitrogen functional groups attached to an aromatic ring is 1. The lowest BCUT2D eigenvalue weighted by Gasteiger charge is -2.31. The number of hydrazine groups is 1. The number of nitrogens with two attached hydrogens (primary N) is 1. The van der Waals surface area contributed by atoms with Crippen LogP contribution < -0.4 is 11.3 Å². The zero-order valence-electron chi connectivity index (χ0n) is 11.3. The molecule has 3 N–H and O–H groups in total. The Morgan fingerprint density at radius 1 is 1.40 bits per heavy atom. The summed E-state index contributed by atoms with van der Waals surface area (Å²) in [5, 5.41) is 0.373. The first-order chi connectivity index (χ1) is 9.70. The number of pyridine rings is 1. The van der Waals surface area contributed by atoms with Crippen molar-refractivity contribution in [3.63, 3.8) is 0 Å². The van der Waals surface area contributed by atoms with Gasteiger partial charge in [0.15, 0.2) is 5.82 Å². The molecule has 20 heavy (non-hydrogen) atoms. The maximum absolute atomic E-state index is 12.6. The number of likely N-dealkylation sites (tertiary alicyclic amines) is 1. The van der Waals surface area contributed by atoms with E-state index in [1.165, 1.54) is 19.3 Å². The number of halogens is 1. The predicted molar refractivity (Wildman–Crippen MR) is 78.5 cm³/mol. The van der Waals surface area contributed by atoms with E-state index in [2.05, 4.69) is 10.4 Å². The normalized spacial score (nSPS) is 25.4. The van der Waals surface area contributed by atoms with Gasteiger partial charge >= 0.3 is 0 Å². The summed E-state index contributed by atoms with van der Waals surface area (Å²) in [5.74, 6) is 6.40. The Balaban J connectivity index is 1.80. The summed E-state index contributed by atoms with van der Waals surface area (Å²) >= 11 is 6.04. The van der Waals surface area contributed by atoms with E-state index < -0.39 is 0 Å². The van der Waals surface area contributed by atoms with E-state index in [1.54, 1.807) is 12.3 Å². The Morgan fingerprint density at radius 3 is 2.95 bits per heavy atom. The Labute approximate surface area is 123 Å². The molecule has 1 amide bonds. The third-order valence-electron chi connectivity index (χ3n) is 4.50. The number of rotatable bonds is 2. The summed E-state index contributed by atoms with van der Waals surface area (Å²) in [6.07, 6.45) is 7.57. The van der Waals surface area contributed by atoms with E-state index in [4.69, 9.17) is 17.4 Å². The summed E-state index contributed by atoms with van der Waals surface area (Å²) < 4.78 is 0. The van der Waals surface area contributed by atoms with Crippen molar-refractivity contribution in [3.8, 4) is 0 Å². The lowest BCUT2D eigenvalue weighted by atomic mass is 9.85. The molecule has 0 bridgehead atoms. The molecule has 2 aliphatic rings. The van der Waals surface area contributed by atoms with E-state index in [-0.39, 0.29) is 5.91 Å². The molecule has 108 valence electrons. The zero-order chi connectivity index (χ0) is 14.1. The highest BCUT2D eigenvalue weighted by atomic mass is 35.5. The fourth-order valence-electron chi connectivity index (χ4n) is 3.48. The molecule has 1 saturated heterocycles. The molecule has 2 fully saturated rings. The van der Waals surface area contributed by atoms with Crippen molar-refractivity contribution < 1.29 is 4.79 Å². The molecule has 6 heteroatoms. The maximum Gasteiger partial charge on any atom is 0.255 e. The van der Waals surface area contributed by atoms with Gasteiger partial charge in [-0.05, 0) is 31.2 Å². The summed E-state index contributed by atoms with van der Waals surface area (Å²) in [4.78, 5) is 18.7. The van der Waals surface area contributed by atoms with E-state index in [0.29, 0.717) is 28.4 Å². The standard InChI is InChI=1S/C14H19ClN4O/c15-11-7-10(8-17-13(11)18-16)14(20)19-6-5-9-3-1-2-4-12(9)19/h7-9,12H,1-6,16H2,(H,17,18). The third kappa shape index (κ3) is 2.36. The van der Waals surface area contributed by atoms with Crippen LogP contribution in [0.5, 0.6) is 0 Å². The van der Waals surface area contributed by atoms with Crippen LogP contribution in [0.2, 0.25) is 5.02 Å². The topological polar surface area (TPSA) is 71.2 Å². The fourth-order valence-corrected chi connectivity index (χ4v) is 3.71. The monoisotopic (exact) mass is 294 g/mol. The first-order valence-electron chi connectivity index (χ1n) is 7.14. The van der Waals surface area contributed by atoms with Crippen molar-refractivity contribution in [1.82, 2.24) is 9.88 Å². The van der Waals surface area contributed by atoms with E-state index in [0.717, 1.165) is 19.4 Å². The average molecular weight is 295 g/mol. The molecule has 5 nitrogen and oxygen atoms in total. The van der Waals surface area contributed by atoms with Crippen LogP contribution in [-0.2, 0) is 0 Å². The van der Waals surface area contributed by atoms with Gasteiger partial charge in [0.05, 0.1) is 10.6 Å². The average Bonchev–Trinajstić information content (AvgIpc) is 2.90. The minimum atomic E-state index is 0.0392. The van der Waals surface area contributed by atoms with E-state index in [1.807, 2.05) is 4.90 Å². The van der Waals surface area contributed by atoms with Crippen molar-refractivity contribution >= 4 is 23.3 Å². The zero-order valence-corrected chi connectivity index (χ0v) is 12.1. The highest BCUT2D eigenvalue weighted by Gasteiger charge is 2.38. The van der Waals surface area contributed by atoms with Gasteiger partial charge in [-0.25, -0.2) is 10.8 Å². The lowest BCUT2D eigenvalue weighted by Crippen LogP contribution is -2.39. The number of hydrogen-bond acceptors (Lipinski definition) is 4. The maximum atomic E-state index is 12.6. The van der Waals surface area contributed by atoms with Crippen molar-refractivity contribution in [1.29, 1.82) is 0 Å². The predicted octanol–water partition coefficient (Wildman–Crippen LogP) is 2.43. The van der Waals surface area contributed by atoms with Gasteiger partial charge in [0, 0.05) is 18.8 Å². The number of amides is 1. The quantitative estimate of drug-likeness (QED) is 0.649. The Morgan fingerprint density at radius 2 is 2.20 bits per heavy atom. The molecule has 1 aliphatic heterocycles.